The zero-order chi connectivity index (χ0) is 15.9. The quantitative estimate of drug-likeness (QED) is 0.697. The molecule has 0 amide bonds. The van der Waals surface area contributed by atoms with Gasteiger partial charge in [0.05, 0.1) is 6.61 Å². The Labute approximate surface area is 137 Å². The summed E-state index contributed by atoms with van der Waals surface area (Å²) >= 11 is 3.56. The number of aryl methyl sites for hydroxylation is 1. The molecule has 4 heteroatoms. The minimum atomic E-state index is 0.0811. The summed E-state index contributed by atoms with van der Waals surface area (Å²) in [5.74, 6) is 0.968. The van der Waals surface area contributed by atoms with Crippen LogP contribution in [0.5, 0.6) is 5.75 Å². The van der Waals surface area contributed by atoms with Crippen molar-refractivity contribution in [2.24, 2.45) is 0 Å². The topological polar surface area (TPSA) is 30.5 Å². The number of halogens is 1. The molecule has 120 valence electrons. The van der Waals surface area contributed by atoms with Crippen molar-refractivity contribution in [2.45, 2.75) is 53.1 Å². The number of ether oxygens (including phenoxy) is 2. The predicted molar refractivity (Wildman–Crippen MR) is 92.1 cm³/mol. The van der Waals surface area contributed by atoms with E-state index in [1.165, 1.54) is 5.56 Å². The molecule has 1 aromatic carbocycles. The lowest BCUT2D eigenvalue weighted by Crippen LogP contribution is -2.35. The molecule has 0 unspecified atom stereocenters. The van der Waals surface area contributed by atoms with E-state index in [0.29, 0.717) is 13.2 Å². The Balaban J connectivity index is 2.71. The van der Waals surface area contributed by atoms with Gasteiger partial charge in [-0.15, -0.1) is 0 Å². The maximum Gasteiger partial charge on any atom is 0.126 e. The monoisotopic (exact) mass is 357 g/mol. The van der Waals surface area contributed by atoms with Gasteiger partial charge in [0, 0.05) is 28.7 Å². The molecule has 0 saturated heterocycles. The molecule has 0 fully saturated rings. The molecular formula is C17H28BrNO2. The summed E-state index contributed by atoms with van der Waals surface area (Å²) in [5, 5.41) is 3.51. The molecule has 0 aliphatic rings. The van der Waals surface area contributed by atoms with Crippen molar-refractivity contribution < 1.29 is 9.47 Å². The Bertz CT molecular complexity index is 441. The summed E-state index contributed by atoms with van der Waals surface area (Å²) in [4.78, 5) is 0. The summed E-state index contributed by atoms with van der Waals surface area (Å²) < 4.78 is 12.5. The third kappa shape index (κ3) is 7.30. The molecule has 1 aromatic rings. The highest BCUT2D eigenvalue weighted by molar-refractivity contribution is 9.10. The third-order valence-electron chi connectivity index (χ3n) is 2.95. The van der Waals surface area contributed by atoms with Gasteiger partial charge in [0.1, 0.15) is 12.4 Å². The molecule has 0 aliphatic carbocycles. The Morgan fingerprint density at radius 1 is 1.14 bits per heavy atom. The summed E-state index contributed by atoms with van der Waals surface area (Å²) in [7, 11) is 0. The summed E-state index contributed by atoms with van der Waals surface area (Å²) in [6.45, 7) is 13.5. The Morgan fingerprint density at radius 2 is 1.86 bits per heavy atom. The molecule has 0 aliphatic heterocycles. The lowest BCUT2D eigenvalue weighted by molar-refractivity contribution is 0.0999. The number of benzene rings is 1. The fraction of sp³-hybridized carbons (Fsp3) is 0.647. The second-order valence-corrected chi connectivity index (χ2v) is 7.19. The minimum absolute atomic E-state index is 0.0811. The number of nitrogens with one attached hydrogen (secondary N) is 1. The maximum absolute atomic E-state index is 5.95. The van der Waals surface area contributed by atoms with Crippen LogP contribution in [0.1, 0.15) is 45.2 Å². The zero-order valence-corrected chi connectivity index (χ0v) is 15.5. The Hall–Kier alpha value is -0.580. The van der Waals surface area contributed by atoms with E-state index < -0.39 is 0 Å². The van der Waals surface area contributed by atoms with Crippen LogP contribution in [0.25, 0.3) is 0 Å². The average Bonchev–Trinajstić information content (AvgIpc) is 2.37. The van der Waals surface area contributed by atoms with Crippen LogP contribution in [0.2, 0.25) is 0 Å². The van der Waals surface area contributed by atoms with Gasteiger partial charge in [-0.05, 0) is 51.8 Å². The van der Waals surface area contributed by atoms with Gasteiger partial charge in [0.2, 0.25) is 0 Å². The number of hydrogen-bond donors (Lipinski definition) is 1. The first-order valence-corrected chi connectivity index (χ1v) is 8.37. The van der Waals surface area contributed by atoms with Crippen LogP contribution >= 0.6 is 15.9 Å². The lowest BCUT2D eigenvalue weighted by Gasteiger charge is -2.22. The molecule has 1 N–H and O–H groups in total. The van der Waals surface area contributed by atoms with Crippen LogP contribution < -0.4 is 10.1 Å². The highest BCUT2D eigenvalue weighted by atomic mass is 79.9. The molecule has 0 heterocycles. The molecule has 0 aromatic heterocycles. The van der Waals surface area contributed by atoms with Gasteiger partial charge in [-0.25, -0.2) is 0 Å². The van der Waals surface area contributed by atoms with Crippen molar-refractivity contribution in [3.05, 3.63) is 27.7 Å². The molecule has 0 radical (unpaired) electrons. The van der Waals surface area contributed by atoms with E-state index in [4.69, 9.17) is 9.47 Å². The van der Waals surface area contributed by atoms with Gasteiger partial charge < -0.3 is 14.8 Å². The summed E-state index contributed by atoms with van der Waals surface area (Å²) in [6, 6.07) is 4.21. The van der Waals surface area contributed by atoms with E-state index in [9.17, 15) is 0 Å². The molecular weight excluding hydrogens is 330 g/mol. The molecule has 1 rings (SSSR count). The van der Waals surface area contributed by atoms with E-state index in [-0.39, 0.29) is 5.54 Å². The molecule has 0 atom stereocenters. The molecule has 3 nitrogen and oxygen atoms in total. The van der Waals surface area contributed by atoms with E-state index in [0.717, 1.165) is 35.4 Å². The average molecular weight is 358 g/mol. The largest absolute Gasteiger partial charge is 0.491 e. The SMILES string of the molecule is CCCOCCOc1c(C)cc(Br)cc1CNC(C)(C)C. The van der Waals surface area contributed by atoms with E-state index >= 15 is 0 Å². The summed E-state index contributed by atoms with van der Waals surface area (Å²) in [6.07, 6.45) is 1.04. The molecule has 0 bridgehead atoms. The minimum Gasteiger partial charge on any atom is -0.491 e. The highest BCUT2D eigenvalue weighted by Crippen LogP contribution is 2.28. The third-order valence-corrected chi connectivity index (χ3v) is 3.41. The van der Waals surface area contributed by atoms with Crippen molar-refractivity contribution in [1.29, 1.82) is 0 Å². The lowest BCUT2D eigenvalue weighted by atomic mass is 10.1. The van der Waals surface area contributed by atoms with Crippen molar-refractivity contribution in [2.75, 3.05) is 19.8 Å². The molecule has 0 saturated carbocycles. The van der Waals surface area contributed by atoms with Gasteiger partial charge in [-0.1, -0.05) is 22.9 Å². The van der Waals surface area contributed by atoms with Crippen molar-refractivity contribution >= 4 is 15.9 Å². The second-order valence-electron chi connectivity index (χ2n) is 6.28. The zero-order valence-electron chi connectivity index (χ0n) is 13.9. The highest BCUT2D eigenvalue weighted by Gasteiger charge is 2.13. The van der Waals surface area contributed by atoms with Crippen molar-refractivity contribution in [1.82, 2.24) is 5.32 Å². The van der Waals surface area contributed by atoms with Crippen LogP contribution in [0.4, 0.5) is 0 Å². The predicted octanol–water partition coefficient (Wildman–Crippen LogP) is 4.45. The van der Waals surface area contributed by atoms with Crippen LogP contribution in [-0.4, -0.2) is 25.4 Å². The van der Waals surface area contributed by atoms with Crippen molar-refractivity contribution in [3.8, 4) is 5.75 Å². The van der Waals surface area contributed by atoms with Gasteiger partial charge in [-0.3, -0.25) is 0 Å². The number of rotatable bonds is 8. The fourth-order valence-electron chi connectivity index (χ4n) is 1.95. The first-order chi connectivity index (χ1) is 9.83. The van der Waals surface area contributed by atoms with Crippen LogP contribution in [0.3, 0.4) is 0 Å². The van der Waals surface area contributed by atoms with Gasteiger partial charge in [0.15, 0.2) is 0 Å². The molecule has 21 heavy (non-hydrogen) atoms. The van der Waals surface area contributed by atoms with Gasteiger partial charge in [0.25, 0.3) is 0 Å². The Kier molecular flexibility index (Phi) is 7.71. The standard InChI is InChI=1S/C17H28BrNO2/c1-6-7-20-8-9-21-16-13(2)10-15(18)11-14(16)12-19-17(3,4)5/h10-11,19H,6-9,12H2,1-5H3. The van der Waals surface area contributed by atoms with Crippen LogP contribution in [0, 0.1) is 6.92 Å². The number of hydrogen-bond acceptors (Lipinski definition) is 3. The molecule has 0 spiro atoms. The van der Waals surface area contributed by atoms with Crippen molar-refractivity contribution in [3.63, 3.8) is 0 Å². The second kappa shape index (κ2) is 8.76. The first kappa shape index (κ1) is 18.5. The van der Waals surface area contributed by atoms with Gasteiger partial charge in [-0.2, -0.15) is 0 Å². The maximum atomic E-state index is 5.95. The van der Waals surface area contributed by atoms with Crippen LogP contribution in [0.15, 0.2) is 16.6 Å². The van der Waals surface area contributed by atoms with E-state index in [1.807, 2.05) is 0 Å². The fourth-order valence-corrected chi connectivity index (χ4v) is 2.57. The van der Waals surface area contributed by atoms with Gasteiger partial charge >= 0.3 is 0 Å². The Morgan fingerprint density at radius 3 is 2.48 bits per heavy atom. The normalized spacial score (nSPS) is 11.7. The van der Waals surface area contributed by atoms with E-state index in [1.54, 1.807) is 0 Å². The smallest absolute Gasteiger partial charge is 0.126 e. The first-order valence-electron chi connectivity index (χ1n) is 7.58. The van der Waals surface area contributed by atoms with Crippen LogP contribution in [-0.2, 0) is 11.3 Å². The van der Waals surface area contributed by atoms with E-state index in [2.05, 4.69) is 68.0 Å². The summed E-state index contributed by atoms with van der Waals surface area (Å²) in [5.41, 5.74) is 2.40.